The topological polar surface area (TPSA) is 81.5 Å². The van der Waals surface area contributed by atoms with Gasteiger partial charge in [-0.05, 0) is 47.9 Å². The average molecular weight is 327 g/mol. The van der Waals surface area contributed by atoms with Gasteiger partial charge in [-0.1, -0.05) is 18.2 Å². The lowest BCUT2D eigenvalue weighted by atomic mass is 9.97. The summed E-state index contributed by atoms with van der Waals surface area (Å²) in [6.07, 6.45) is 0. The van der Waals surface area contributed by atoms with Crippen molar-refractivity contribution in [3.05, 3.63) is 58.7 Å². The second-order valence-corrected chi connectivity index (χ2v) is 6.21. The summed E-state index contributed by atoms with van der Waals surface area (Å²) < 4.78 is 14.5. The third-order valence-electron chi connectivity index (χ3n) is 3.49. The maximum atomic E-state index is 13.6. The monoisotopic (exact) mass is 327 g/mol. The molecule has 0 aliphatic heterocycles. The number of benzene rings is 2. The summed E-state index contributed by atoms with van der Waals surface area (Å²) in [6.45, 7) is 1.92. The third kappa shape index (κ3) is 2.93. The van der Waals surface area contributed by atoms with Gasteiger partial charge in [0.2, 0.25) is 0 Å². The second-order valence-electron chi connectivity index (χ2n) is 5.13. The lowest BCUT2D eigenvalue weighted by Gasteiger charge is -2.07. The van der Waals surface area contributed by atoms with E-state index in [-0.39, 0.29) is 11.8 Å². The molecule has 23 heavy (non-hydrogen) atoms. The van der Waals surface area contributed by atoms with Gasteiger partial charge in [-0.15, -0.1) is 11.3 Å². The van der Waals surface area contributed by atoms with Crippen LogP contribution in [0.3, 0.4) is 0 Å². The maximum absolute atomic E-state index is 13.6. The Morgan fingerprint density at radius 2 is 1.91 bits per heavy atom. The Hall–Kier alpha value is -2.73. The molecule has 2 aromatic carbocycles. The third-order valence-corrected chi connectivity index (χ3v) is 4.58. The zero-order chi connectivity index (χ0) is 16.6. The lowest BCUT2D eigenvalue weighted by molar-refractivity contribution is 0.101. The molecule has 1 aromatic heterocycles. The van der Waals surface area contributed by atoms with Gasteiger partial charge in [0.15, 0.2) is 5.96 Å². The van der Waals surface area contributed by atoms with Crippen LogP contribution in [0.25, 0.3) is 21.2 Å². The minimum absolute atomic E-state index is 0.270. The van der Waals surface area contributed by atoms with E-state index < -0.39 is 5.91 Å². The number of aliphatic imine (C=N–C) groups is 1. The fourth-order valence-electron chi connectivity index (χ4n) is 2.46. The summed E-state index contributed by atoms with van der Waals surface area (Å²) in [4.78, 5) is 16.0. The van der Waals surface area contributed by atoms with Gasteiger partial charge in [-0.2, -0.15) is 4.99 Å². The number of hydrogen-bond donors (Lipinski definition) is 2. The van der Waals surface area contributed by atoms with Gasteiger partial charge in [0.1, 0.15) is 5.82 Å². The van der Waals surface area contributed by atoms with Crippen molar-refractivity contribution >= 4 is 33.3 Å². The van der Waals surface area contributed by atoms with Gasteiger partial charge >= 0.3 is 0 Å². The van der Waals surface area contributed by atoms with Crippen LogP contribution in [0.5, 0.6) is 0 Å². The Balaban J connectivity index is 2.20. The van der Waals surface area contributed by atoms with Crippen molar-refractivity contribution < 1.29 is 9.18 Å². The average Bonchev–Trinajstić information content (AvgIpc) is 2.93. The van der Waals surface area contributed by atoms with Gasteiger partial charge in [-0.3, -0.25) is 4.79 Å². The first-order valence-electron chi connectivity index (χ1n) is 6.89. The summed E-state index contributed by atoms with van der Waals surface area (Å²) in [6, 6.07) is 12.1. The van der Waals surface area contributed by atoms with E-state index in [9.17, 15) is 9.18 Å². The Bertz CT molecular complexity index is 942. The molecule has 0 atom stereocenters. The first kappa shape index (κ1) is 15.2. The number of carbonyl (C=O) groups excluding carboxylic acids is 1. The highest BCUT2D eigenvalue weighted by atomic mass is 32.1. The van der Waals surface area contributed by atoms with E-state index in [4.69, 9.17) is 11.5 Å². The number of aryl methyl sites for hydroxylation is 1. The van der Waals surface area contributed by atoms with Gasteiger partial charge in [0.05, 0.1) is 4.88 Å². The highest BCUT2D eigenvalue weighted by Gasteiger charge is 2.14. The number of hydrogen-bond acceptors (Lipinski definition) is 2. The van der Waals surface area contributed by atoms with E-state index in [1.54, 1.807) is 12.1 Å². The Labute approximate surface area is 136 Å². The minimum Gasteiger partial charge on any atom is -0.370 e. The Kier molecular flexibility index (Phi) is 3.83. The molecule has 0 saturated heterocycles. The standard InChI is InChI=1S/C17H14FN3OS/c1-9-5-6-10(18)7-12(9)11-3-2-4-14-13(11)8-15(23-14)16(22)21-17(19)20/h2-8H,1H3,(H4,19,20,21,22). The van der Waals surface area contributed by atoms with Gasteiger partial charge < -0.3 is 11.5 Å². The zero-order valence-corrected chi connectivity index (χ0v) is 13.2. The first-order chi connectivity index (χ1) is 11.0. The van der Waals surface area contributed by atoms with E-state index >= 15 is 0 Å². The quantitative estimate of drug-likeness (QED) is 0.559. The van der Waals surface area contributed by atoms with Crippen molar-refractivity contribution in [3.63, 3.8) is 0 Å². The van der Waals surface area contributed by atoms with Crippen LogP contribution >= 0.6 is 11.3 Å². The summed E-state index contributed by atoms with van der Waals surface area (Å²) in [5, 5.41) is 0.875. The van der Waals surface area contributed by atoms with Gasteiger partial charge in [-0.25, -0.2) is 4.39 Å². The zero-order valence-electron chi connectivity index (χ0n) is 12.3. The van der Waals surface area contributed by atoms with Crippen molar-refractivity contribution in [2.75, 3.05) is 0 Å². The molecule has 0 aliphatic carbocycles. The molecule has 0 radical (unpaired) electrons. The molecular formula is C17H14FN3OS. The van der Waals surface area contributed by atoms with Crippen LogP contribution < -0.4 is 11.5 Å². The largest absolute Gasteiger partial charge is 0.370 e. The molecule has 1 heterocycles. The van der Waals surface area contributed by atoms with Crippen molar-refractivity contribution in [1.29, 1.82) is 0 Å². The minimum atomic E-state index is -0.479. The van der Waals surface area contributed by atoms with Gasteiger partial charge in [0, 0.05) is 10.1 Å². The summed E-state index contributed by atoms with van der Waals surface area (Å²) >= 11 is 1.30. The number of fused-ring (bicyclic) bond motifs is 1. The molecule has 0 spiro atoms. The lowest BCUT2D eigenvalue weighted by Crippen LogP contribution is -2.24. The van der Waals surface area contributed by atoms with Crippen LogP contribution in [0, 0.1) is 12.7 Å². The number of amides is 1. The number of guanidine groups is 1. The molecule has 0 fully saturated rings. The van der Waals surface area contributed by atoms with Crippen LogP contribution in [-0.4, -0.2) is 11.9 Å². The van der Waals surface area contributed by atoms with Crippen LogP contribution in [0.4, 0.5) is 4.39 Å². The molecule has 0 bridgehead atoms. The van der Waals surface area contributed by atoms with Crippen LogP contribution in [-0.2, 0) is 0 Å². The molecule has 0 saturated carbocycles. The second kappa shape index (κ2) is 5.81. The summed E-state index contributed by atoms with van der Waals surface area (Å²) in [5.74, 6) is -1.04. The molecular weight excluding hydrogens is 313 g/mol. The predicted molar refractivity (Wildman–Crippen MR) is 92.1 cm³/mol. The molecule has 116 valence electrons. The van der Waals surface area contributed by atoms with Crippen molar-refractivity contribution in [2.24, 2.45) is 16.5 Å². The smallest absolute Gasteiger partial charge is 0.290 e. The SMILES string of the molecule is Cc1ccc(F)cc1-c1cccc2sc(C(=O)N=C(N)N)cc12. The van der Waals surface area contributed by atoms with E-state index in [1.807, 2.05) is 25.1 Å². The molecule has 3 rings (SSSR count). The highest BCUT2D eigenvalue weighted by molar-refractivity contribution is 7.20. The number of halogens is 1. The van der Waals surface area contributed by atoms with Crippen LogP contribution in [0.15, 0.2) is 47.5 Å². The molecule has 0 aliphatic rings. The van der Waals surface area contributed by atoms with E-state index in [1.165, 1.54) is 23.5 Å². The highest BCUT2D eigenvalue weighted by Crippen LogP contribution is 2.36. The summed E-state index contributed by atoms with van der Waals surface area (Å²) in [7, 11) is 0. The molecule has 3 aromatic rings. The Morgan fingerprint density at radius 3 is 2.65 bits per heavy atom. The van der Waals surface area contributed by atoms with Crippen molar-refractivity contribution in [3.8, 4) is 11.1 Å². The predicted octanol–water partition coefficient (Wildman–Crippen LogP) is 3.43. The van der Waals surface area contributed by atoms with Crippen molar-refractivity contribution in [2.45, 2.75) is 6.92 Å². The number of rotatable bonds is 2. The number of thiophene rings is 1. The van der Waals surface area contributed by atoms with E-state index in [0.717, 1.165) is 26.8 Å². The molecule has 6 heteroatoms. The van der Waals surface area contributed by atoms with Crippen molar-refractivity contribution in [1.82, 2.24) is 0 Å². The fourth-order valence-corrected chi connectivity index (χ4v) is 3.43. The maximum Gasteiger partial charge on any atom is 0.290 e. The normalized spacial score (nSPS) is 10.7. The van der Waals surface area contributed by atoms with E-state index in [2.05, 4.69) is 4.99 Å². The first-order valence-corrected chi connectivity index (χ1v) is 7.70. The molecule has 1 amide bonds. The number of nitrogens with two attached hydrogens (primary N) is 2. The Morgan fingerprint density at radius 1 is 1.13 bits per heavy atom. The molecule has 4 N–H and O–H groups in total. The molecule has 0 unspecified atom stereocenters. The van der Waals surface area contributed by atoms with Crippen LogP contribution in [0.2, 0.25) is 0 Å². The number of nitrogens with zero attached hydrogens (tertiary/aromatic N) is 1. The summed E-state index contributed by atoms with van der Waals surface area (Å²) in [5.41, 5.74) is 13.1. The molecule has 4 nitrogen and oxygen atoms in total. The fraction of sp³-hybridized carbons (Fsp3) is 0.0588. The van der Waals surface area contributed by atoms with Crippen LogP contribution in [0.1, 0.15) is 15.2 Å². The van der Waals surface area contributed by atoms with Gasteiger partial charge in [0.25, 0.3) is 5.91 Å². The number of carbonyl (C=O) groups is 1. The van der Waals surface area contributed by atoms with E-state index in [0.29, 0.717) is 4.88 Å².